The van der Waals surface area contributed by atoms with Crippen molar-refractivity contribution in [2.45, 2.75) is 63.2 Å². The van der Waals surface area contributed by atoms with Gasteiger partial charge in [0.15, 0.2) is 0 Å². The zero-order valence-corrected chi connectivity index (χ0v) is 17.6. The lowest BCUT2D eigenvalue weighted by atomic mass is 9.82. The van der Waals surface area contributed by atoms with Crippen molar-refractivity contribution < 1.29 is 34.8 Å². The molecule has 1 fully saturated rings. The van der Waals surface area contributed by atoms with Gasteiger partial charge in [0.25, 0.3) is 0 Å². The number of aliphatic carboxylic acids is 1. The number of para-hydroxylation sites is 1. The number of unbranched alkanes of at least 4 members (excludes halogenated alkanes) is 1. The summed E-state index contributed by atoms with van der Waals surface area (Å²) in [6.45, 7) is 1.96. The molecule has 1 saturated carbocycles. The van der Waals surface area contributed by atoms with Gasteiger partial charge < -0.3 is 30.0 Å². The van der Waals surface area contributed by atoms with Crippen molar-refractivity contribution in [3.63, 3.8) is 0 Å². The molecule has 0 aliphatic heterocycles. The van der Waals surface area contributed by atoms with Crippen LogP contribution in [0.2, 0.25) is 0 Å². The molecule has 0 bridgehead atoms. The lowest BCUT2D eigenvalue weighted by Crippen LogP contribution is -2.37. The van der Waals surface area contributed by atoms with Crippen LogP contribution >= 0.6 is 0 Å². The molecule has 8 nitrogen and oxygen atoms in total. The minimum atomic E-state index is -1.03. The summed E-state index contributed by atoms with van der Waals surface area (Å²) < 4.78 is 10.7. The Labute approximate surface area is 177 Å². The summed E-state index contributed by atoms with van der Waals surface area (Å²) in [5.74, 6) is -0.263. The molecule has 1 aliphatic rings. The summed E-state index contributed by atoms with van der Waals surface area (Å²) in [5, 5.41) is 39.3. The molecule has 2 rings (SSSR count). The van der Waals surface area contributed by atoms with Crippen LogP contribution in [0.25, 0.3) is 0 Å². The molecule has 0 heterocycles. The molecule has 1 aliphatic carbocycles. The molecule has 0 radical (unpaired) electrons. The van der Waals surface area contributed by atoms with Gasteiger partial charge in [0, 0.05) is 12.6 Å². The second-order valence-electron chi connectivity index (χ2n) is 8.45. The molecule has 5 atom stereocenters. The summed E-state index contributed by atoms with van der Waals surface area (Å²) in [5.41, 5.74) is 1.30. The quantitative estimate of drug-likeness (QED) is 0.227. The molecule has 30 heavy (non-hydrogen) atoms. The minimum Gasteiger partial charge on any atom is -0.491 e. The van der Waals surface area contributed by atoms with Crippen LogP contribution in [0.5, 0.6) is 5.75 Å². The van der Waals surface area contributed by atoms with E-state index < -0.39 is 17.7 Å². The number of ether oxygens (including phenoxy) is 2. The Kier molecular flexibility index (Phi) is 10.0. The normalized spacial score (nSPS) is 25.7. The molecule has 8 heteroatoms. The Morgan fingerprint density at radius 1 is 1.20 bits per heavy atom. The number of hydrogen-bond acceptors (Lipinski definition) is 7. The zero-order valence-electron chi connectivity index (χ0n) is 17.6. The van der Waals surface area contributed by atoms with E-state index >= 15 is 0 Å². The van der Waals surface area contributed by atoms with Crippen molar-refractivity contribution in [2.24, 2.45) is 11.8 Å². The fourth-order valence-electron chi connectivity index (χ4n) is 4.21. The summed E-state index contributed by atoms with van der Waals surface area (Å²) >= 11 is 0. The van der Waals surface area contributed by atoms with Crippen LogP contribution < -0.4 is 10.2 Å². The van der Waals surface area contributed by atoms with Gasteiger partial charge in [-0.2, -0.15) is 0 Å². The highest BCUT2D eigenvalue weighted by molar-refractivity contribution is 5.67. The van der Waals surface area contributed by atoms with Gasteiger partial charge in [0.2, 0.25) is 0 Å². The molecule has 0 spiro atoms. The fourth-order valence-corrected chi connectivity index (χ4v) is 4.21. The van der Waals surface area contributed by atoms with E-state index in [9.17, 15) is 20.2 Å². The molecule has 1 aromatic carbocycles. The van der Waals surface area contributed by atoms with Gasteiger partial charge in [-0.3, -0.25) is 0 Å². The van der Waals surface area contributed by atoms with Gasteiger partial charge in [-0.25, -0.2) is 10.3 Å². The van der Waals surface area contributed by atoms with Gasteiger partial charge in [-0.15, -0.1) is 0 Å². The van der Waals surface area contributed by atoms with E-state index in [0.717, 1.165) is 12.8 Å². The molecular weight excluding hydrogens is 390 g/mol. The first-order chi connectivity index (χ1) is 14.3. The maximum atomic E-state index is 10.7. The summed E-state index contributed by atoms with van der Waals surface area (Å²) in [6.07, 6.45) is 3.32. The lowest BCUT2D eigenvalue weighted by Gasteiger charge is -2.29. The predicted octanol–water partition coefficient (Wildman–Crippen LogP) is 2.21. The van der Waals surface area contributed by atoms with Crippen molar-refractivity contribution in [2.75, 3.05) is 19.8 Å². The number of benzene rings is 1. The zero-order chi connectivity index (χ0) is 22.0. The number of carboxylic acid groups (broad SMARTS) is 1. The standard InChI is InChI=1S/C22H35NO7/c1-22(27,15-30-16-7-3-2-4-8-16)11-10-17-18(20(24)13-19(17)23-28)9-5-6-12-29-14-21(25)26/h2-4,7-8,17-20,23-24,27-28H,5-6,9-15H2,1H3,(H,25,26)/t17-,18-,19?,20+,22?/m1/s1. The second kappa shape index (κ2) is 12.2. The van der Waals surface area contributed by atoms with E-state index in [1.165, 1.54) is 0 Å². The van der Waals surface area contributed by atoms with E-state index in [2.05, 4.69) is 5.48 Å². The van der Waals surface area contributed by atoms with Crippen molar-refractivity contribution in [3.8, 4) is 5.75 Å². The lowest BCUT2D eigenvalue weighted by molar-refractivity contribution is -0.142. The monoisotopic (exact) mass is 425 g/mol. The third-order valence-corrected chi connectivity index (χ3v) is 5.83. The number of nitrogens with one attached hydrogen (secondary N) is 1. The summed E-state index contributed by atoms with van der Waals surface area (Å²) in [6, 6.07) is 9.10. The van der Waals surface area contributed by atoms with E-state index in [1.807, 2.05) is 30.3 Å². The molecule has 1 aromatic rings. The molecule has 170 valence electrons. The van der Waals surface area contributed by atoms with Gasteiger partial charge in [0.05, 0.1) is 11.7 Å². The number of carboxylic acids is 1. The predicted molar refractivity (Wildman–Crippen MR) is 110 cm³/mol. The van der Waals surface area contributed by atoms with Crippen molar-refractivity contribution in [1.82, 2.24) is 5.48 Å². The topological polar surface area (TPSA) is 128 Å². The average Bonchev–Trinajstić information content (AvgIpc) is 3.03. The Morgan fingerprint density at radius 2 is 1.93 bits per heavy atom. The van der Waals surface area contributed by atoms with Crippen molar-refractivity contribution >= 4 is 5.97 Å². The second-order valence-corrected chi connectivity index (χ2v) is 8.45. The molecular formula is C22H35NO7. The van der Waals surface area contributed by atoms with Gasteiger partial charge in [0.1, 0.15) is 19.0 Å². The number of carbonyl (C=O) groups is 1. The number of aliphatic hydroxyl groups excluding tert-OH is 1. The average molecular weight is 426 g/mol. The third-order valence-electron chi connectivity index (χ3n) is 5.83. The Hall–Kier alpha value is -1.71. The first-order valence-corrected chi connectivity index (χ1v) is 10.6. The molecule has 5 N–H and O–H groups in total. The van der Waals surface area contributed by atoms with Crippen LogP contribution in [0, 0.1) is 11.8 Å². The van der Waals surface area contributed by atoms with E-state index in [-0.39, 0.29) is 31.1 Å². The van der Waals surface area contributed by atoms with E-state index in [1.54, 1.807) is 6.92 Å². The first kappa shape index (κ1) is 24.6. The highest BCUT2D eigenvalue weighted by Crippen LogP contribution is 2.39. The van der Waals surface area contributed by atoms with Crippen LogP contribution in [-0.4, -0.2) is 64.1 Å². The van der Waals surface area contributed by atoms with Crippen molar-refractivity contribution in [3.05, 3.63) is 30.3 Å². The van der Waals surface area contributed by atoms with Crippen molar-refractivity contribution in [1.29, 1.82) is 0 Å². The molecule has 0 saturated heterocycles. The van der Waals surface area contributed by atoms with Gasteiger partial charge in [-0.1, -0.05) is 24.6 Å². The molecule has 0 amide bonds. The SMILES string of the molecule is CC(O)(CC[C@H]1C(NO)C[C@H](O)[C@@H]1CCCCOCC(=O)O)COc1ccccc1. The largest absolute Gasteiger partial charge is 0.491 e. The molecule has 0 aromatic heterocycles. The van der Waals surface area contributed by atoms with E-state index in [0.29, 0.717) is 38.0 Å². The Morgan fingerprint density at radius 3 is 2.60 bits per heavy atom. The van der Waals surface area contributed by atoms with Gasteiger partial charge >= 0.3 is 5.97 Å². The van der Waals surface area contributed by atoms with Crippen LogP contribution in [0.15, 0.2) is 30.3 Å². The minimum absolute atomic E-state index is 0.0000320. The highest BCUT2D eigenvalue weighted by Gasteiger charge is 2.42. The highest BCUT2D eigenvalue weighted by atomic mass is 16.5. The number of hydroxylamine groups is 1. The third kappa shape index (κ3) is 8.20. The van der Waals surface area contributed by atoms with Gasteiger partial charge in [-0.05, 0) is 63.0 Å². The van der Waals surface area contributed by atoms with Crippen LogP contribution in [0.4, 0.5) is 0 Å². The maximum absolute atomic E-state index is 10.7. The number of hydrogen-bond donors (Lipinski definition) is 5. The van der Waals surface area contributed by atoms with E-state index in [4.69, 9.17) is 14.6 Å². The maximum Gasteiger partial charge on any atom is 0.329 e. The molecule has 2 unspecified atom stereocenters. The Bertz CT molecular complexity index is 625. The number of aliphatic hydroxyl groups is 2. The summed E-state index contributed by atoms with van der Waals surface area (Å²) in [7, 11) is 0. The smallest absolute Gasteiger partial charge is 0.329 e. The van der Waals surface area contributed by atoms with Crippen LogP contribution in [0.3, 0.4) is 0 Å². The Balaban J connectivity index is 1.81. The number of rotatable bonds is 14. The first-order valence-electron chi connectivity index (χ1n) is 10.6. The fraction of sp³-hybridized carbons (Fsp3) is 0.682. The van der Waals surface area contributed by atoms with Crippen LogP contribution in [0.1, 0.15) is 45.4 Å². The summed E-state index contributed by atoms with van der Waals surface area (Å²) in [4.78, 5) is 10.5. The van der Waals surface area contributed by atoms with Crippen LogP contribution in [-0.2, 0) is 9.53 Å².